The molecule has 0 radical (unpaired) electrons. The zero-order chi connectivity index (χ0) is 25.0. The van der Waals surface area contributed by atoms with Crippen molar-refractivity contribution in [1.29, 1.82) is 5.26 Å². The van der Waals surface area contributed by atoms with Crippen molar-refractivity contribution in [3.8, 4) is 17.2 Å². The average Bonchev–Trinajstić information content (AvgIpc) is 3.62. The number of halogens is 1. The van der Waals surface area contributed by atoms with Gasteiger partial charge in [-0.25, -0.2) is 13.9 Å². The molecule has 0 bridgehead atoms. The lowest BCUT2D eigenvalue weighted by Gasteiger charge is -2.19. The highest BCUT2D eigenvalue weighted by Gasteiger charge is 2.42. The van der Waals surface area contributed by atoms with E-state index in [4.69, 9.17) is 5.10 Å². The standard InChI is InChI=1S/C26H24FN7OS/c1-15-22(11-31-34(15)21-6-17-12-32(16(2)35)13-18(17)7-21)19-8-24(36-26-23(27)4-3-5-29-26)25-20(9-28)10-30-33(25)14-19/h3-5,8,10-11,14,17-18,21H,6-7,12-13H2,1-2H3. The van der Waals surface area contributed by atoms with Gasteiger partial charge in [0.2, 0.25) is 5.91 Å². The molecule has 10 heteroatoms. The molecule has 2 atom stereocenters. The van der Waals surface area contributed by atoms with Crippen LogP contribution in [0.2, 0.25) is 0 Å². The van der Waals surface area contributed by atoms with Crippen LogP contribution in [0.15, 0.2) is 52.9 Å². The summed E-state index contributed by atoms with van der Waals surface area (Å²) in [6, 6.07) is 7.37. The molecule has 1 amide bonds. The van der Waals surface area contributed by atoms with E-state index in [0.29, 0.717) is 33.9 Å². The second-order valence-corrected chi connectivity index (χ2v) is 10.6. The van der Waals surface area contributed by atoms with E-state index >= 15 is 0 Å². The van der Waals surface area contributed by atoms with Gasteiger partial charge >= 0.3 is 0 Å². The summed E-state index contributed by atoms with van der Waals surface area (Å²) in [5.41, 5.74) is 3.95. The van der Waals surface area contributed by atoms with E-state index in [-0.39, 0.29) is 10.9 Å². The van der Waals surface area contributed by atoms with Crippen LogP contribution in [0.4, 0.5) is 4.39 Å². The number of hydrogen-bond acceptors (Lipinski definition) is 6. The summed E-state index contributed by atoms with van der Waals surface area (Å²) in [7, 11) is 0. The van der Waals surface area contributed by atoms with Gasteiger partial charge in [-0.2, -0.15) is 15.5 Å². The van der Waals surface area contributed by atoms with Crippen molar-refractivity contribution >= 4 is 23.2 Å². The average molecular weight is 502 g/mol. The minimum Gasteiger partial charge on any atom is -0.342 e. The molecular formula is C26H24FN7OS. The highest BCUT2D eigenvalue weighted by Crippen LogP contribution is 2.45. The van der Waals surface area contributed by atoms with Crippen LogP contribution in [0.5, 0.6) is 0 Å². The minimum atomic E-state index is -0.414. The number of nitriles is 1. The Bertz CT molecular complexity index is 1520. The smallest absolute Gasteiger partial charge is 0.219 e. The van der Waals surface area contributed by atoms with Crippen LogP contribution < -0.4 is 0 Å². The highest BCUT2D eigenvalue weighted by atomic mass is 32.2. The van der Waals surface area contributed by atoms with Gasteiger partial charge in [-0.1, -0.05) is 11.8 Å². The Morgan fingerprint density at radius 1 is 1.22 bits per heavy atom. The predicted molar refractivity (Wildman–Crippen MR) is 132 cm³/mol. The lowest BCUT2D eigenvalue weighted by Crippen LogP contribution is -2.27. The largest absolute Gasteiger partial charge is 0.342 e. The van der Waals surface area contributed by atoms with Gasteiger partial charge < -0.3 is 4.90 Å². The highest BCUT2D eigenvalue weighted by molar-refractivity contribution is 7.99. The molecule has 2 fully saturated rings. The summed E-state index contributed by atoms with van der Waals surface area (Å²) < 4.78 is 18.2. The van der Waals surface area contributed by atoms with Crippen molar-refractivity contribution in [2.75, 3.05) is 13.1 Å². The first-order chi connectivity index (χ1) is 17.4. The molecule has 36 heavy (non-hydrogen) atoms. The first kappa shape index (κ1) is 22.7. The van der Waals surface area contributed by atoms with Gasteiger partial charge in [-0.05, 0) is 49.8 Å². The predicted octanol–water partition coefficient (Wildman–Crippen LogP) is 4.49. The number of carbonyl (C=O) groups excluding carboxylic acids is 1. The lowest BCUT2D eigenvalue weighted by molar-refractivity contribution is -0.128. The second kappa shape index (κ2) is 8.75. The third kappa shape index (κ3) is 3.75. The summed E-state index contributed by atoms with van der Waals surface area (Å²) in [5.74, 6) is 0.786. The minimum absolute atomic E-state index is 0.159. The van der Waals surface area contributed by atoms with Crippen molar-refractivity contribution in [3.63, 3.8) is 0 Å². The number of rotatable bonds is 4. The SMILES string of the molecule is CC(=O)N1CC2CC(n3ncc(-c4cc(Sc5ncccc5F)c5c(C#N)cnn5c4)c3C)CC2C1. The molecule has 182 valence electrons. The number of aromatic nitrogens is 5. The first-order valence-corrected chi connectivity index (χ1v) is 12.7. The summed E-state index contributed by atoms with van der Waals surface area (Å²) in [4.78, 5) is 18.6. The molecule has 1 saturated carbocycles. The Balaban J connectivity index is 1.35. The Hall–Kier alpha value is -3.71. The fourth-order valence-corrected chi connectivity index (χ4v) is 6.71. The van der Waals surface area contributed by atoms with Crippen LogP contribution in [-0.4, -0.2) is 48.3 Å². The van der Waals surface area contributed by atoms with Crippen LogP contribution in [0.3, 0.4) is 0 Å². The maximum atomic E-state index is 14.4. The quantitative estimate of drug-likeness (QED) is 0.409. The fourth-order valence-electron chi connectivity index (χ4n) is 5.74. The molecule has 1 aliphatic heterocycles. The van der Waals surface area contributed by atoms with E-state index in [9.17, 15) is 14.4 Å². The van der Waals surface area contributed by atoms with Gasteiger partial charge in [-0.15, -0.1) is 0 Å². The normalized spacial score (nSPS) is 21.2. The second-order valence-electron chi connectivity index (χ2n) is 9.61. The number of fused-ring (bicyclic) bond motifs is 2. The molecule has 1 saturated heterocycles. The molecule has 6 rings (SSSR count). The van der Waals surface area contributed by atoms with Gasteiger partial charge in [-0.3, -0.25) is 9.48 Å². The van der Waals surface area contributed by atoms with Gasteiger partial charge in [0.25, 0.3) is 0 Å². The number of hydrogen-bond donors (Lipinski definition) is 0. The summed E-state index contributed by atoms with van der Waals surface area (Å²) in [5, 5.41) is 19.0. The Morgan fingerprint density at radius 3 is 2.69 bits per heavy atom. The number of likely N-dealkylation sites (tertiary alicyclic amines) is 1. The van der Waals surface area contributed by atoms with Crippen LogP contribution >= 0.6 is 11.8 Å². The molecule has 4 aromatic rings. The summed E-state index contributed by atoms with van der Waals surface area (Å²) in [6.45, 7) is 5.39. The van der Waals surface area contributed by atoms with E-state index in [0.717, 1.165) is 42.8 Å². The van der Waals surface area contributed by atoms with E-state index in [1.54, 1.807) is 23.7 Å². The third-order valence-electron chi connectivity index (χ3n) is 7.50. The third-order valence-corrected chi connectivity index (χ3v) is 8.53. The summed E-state index contributed by atoms with van der Waals surface area (Å²) in [6.07, 6.45) is 8.86. The fraction of sp³-hybridized carbons (Fsp3) is 0.346. The molecular weight excluding hydrogens is 477 g/mol. The molecule has 8 nitrogen and oxygen atoms in total. The van der Waals surface area contributed by atoms with E-state index in [1.165, 1.54) is 24.0 Å². The maximum absolute atomic E-state index is 14.4. The molecule has 1 aliphatic carbocycles. The Labute approximate surface area is 211 Å². The zero-order valence-electron chi connectivity index (χ0n) is 19.9. The maximum Gasteiger partial charge on any atom is 0.219 e. The van der Waals surface area contributed by atoms with Crippen molar-refractivity contribution < 1.29 is 9.18 Å². The number of nitrogens with zero attached hydrogens (tertiary/aromatic N) is 7. The number of pyridine rings is 2. The van der Waals surface area contributed by atoms with E-state index in [1.807, 2.05) is 23.4 Å². The number of amides is 1. The van der Waals surface area contributed by atoms with Crippen molar-refractivity contribution in [2.24, 2.45) is 11.8 Å². The molecule has 0 spiro atoms. The topological polar surface area (TPSA) is 92.1 Å². The molecule has 4 aromatic heterocycles. The first-order valence-electron chi connectivity index (χ1n) is 11.9. The van der Waals surface area contributed by atoms with Crippen molar-refractivity contribution in [2.45, 2.75) is 42.7 Å². The lowest BCUT2D eigenvalue weighted by atomic mass is 10.0. The van der Waals surface area contributed by atoms with Crippen LogP contribution in [-0.2, 0) is 4.79 Å². The summed E-state index contributed by atoms with van der Waals surface area (Å²) >= 11 is 1.18. The Morgan fingerprint density at radius 2 is 2.00 bits per heavy atom. The van der Waals surface area contributed by atoms with Gasteiger partial charge in [0.1, 0.15) is 11.1 Å². The van der Waals surface area contributed by atoms with Crippen molar-refractivity contribution in [3.05, 3.63) is 60.1 Å². The zero-order valence-corrected chi connectivity index (χ0v) is 20.7. The van der Waals surface area contributed by atoms with Crippen LogP contribution in [0.1, 0.15) is 37.1 Å². The van der Waals surface area contributed by atoms with Crippen molar-refractivity contribution in [1.82, 2.24) is 29.3 Å². The van der Waals surface area contributed by atoms with Gasteiger partial charge in [0.15, 0.2) is 5.82 Å². The molecule has 0 N–H and O–H groups in total. The van der Waals surface area contributed by atoms with Gasteiger partial charge in [0.05, 0.1) is 29.5 Å². The molecule has 5 heterocycles. The monoisotopic (exact) mass is 501 g/mol. The van der Waals surface area contributed by atoms with Crippen LogP contribution in [0, 0.1) is 35.9 Å². The van der Waals surface area contributed by atoms with Crippen LogP contribution in [0.25, 0.3) is 16.6 Å². The molecule has 2 aliphatic rings. The Kier molecular flexibility index (Phi) is 5.52. The molecule has 2 unspecified atom stereocenters. The van der Waals surface area contributed by atoms with E-state index in [2.05, 4.69) is 27.8 Å². The van der Waals surface area contributed by atoms with Gasteiger partial charge in [0, 0.05) is 54.1 Å². The van der Waals surface area contributed by atoms with E-state index < -0.39 is 5.82 Å². The molecule has 0 aromatic carbocycles. The number of carbonyl (C=O) groups is 1.